The molecule has 4 saturated carbocycles. The number of nitrogens with zero attached hydrogens (tertiary/aromatic N) is 1. The van der Waals surface area contributed by atoms with Crippen molar-refractivity contribution in [2.75, 3.05) is 6.61 Å². The molecule has 0 aromatic heterocycles. The van der Waals surface area contributed by atoms with Gasteiger partial charge in [-0.15, -0.1) is 10.1 Å². The van der Waals surface area contributed by atoms with Crippen molar-refractivity contribution in [3.05, 3.63) is 10.1 Å². The molecule has 0 spiro atoms. The van der Waals surface area contributed by atoms with Gasteiger partial charge in [0.15, 0.2) is 0 Å². The summed E-state index contributed by atoms with van der Waals surface area (Å²) in [5, 5.41) is 9.59. The Kier molecular flexibility index (Phi) is 3.67. The molecule has 120 valence electrons. The quantitative estimate of drug-likeness (QED) is 0.443. The molecule has 0 aromatic carbocycles. The minimum absolute atomic E-state index is 0.0402. The Hall–Kier alpha value is -0.840. The predicted molar refractivity (Wildman–Crippen MR) is 80.1 cm³/mol. The molecular formula is C16H28N2O3. The van der Waals surface area contributed by atoms with Gasteiger partial charge >= 0.3 is 0 Å². The average molecular weight is 296 g/mol. The summed E-state index contributed by atoms with van der Waals surface area (Å²) in [7, 11) is 0. The first kappa shape index (κ1) is 15.1. The van der Waals surface area contributed by atoms with Crippen LogP contribution in [0.15, 0.2) is 0 Å². The van der Waals surface area contributed by atoms with Gasteiger partial charge in [0, 0.05) is 5.54 Å². The predicted octanol–water partition coefficient (Wildman–Crippen LogP) is 3.44. The highest BCUT2D eigenvalue weighted by atomic mass is 16.9. The standard InChI is InChI=1S/C16H28N2O3/c1-2-4-14-7-13-8-15(10-14,5-3-6-21-18(19)20)12-16(17,9-13)11-14/h13H,2-12,17H2,1H3. The smallest absolute Gasteiger partial charge is 0.294 e. The molecule has 21 heavy (non-hydrogen) atoms. The minimum atomic E-state index is -0.678. The largest absolute Gasteiger partial charge is 0.325 e. The number of rotatable bonds is 7. The number of hydrogen-bond acceptors (Lipinski definition) is 4. The van der Waals surface area contributed by atoms with Gasteiger partial charge in [0.05, 0.1) is 6.61 Å². The monoisotopic (exact) mass is 296 g/mol. The van der Waals surface area contributed by atoms with Crippen LogP contribution in [-0.2, 0) is 4.84 Å². The van der Waals surface area contributed by atoms with Gasteiger partial charge in [-0.3, -0.25) is 0 Å². The fourth-order valence-corrected chi connectivity index (χ4v) is 6.60. The molecule has 0 amide bonds. The van der Waals surface area contributed by atoms with Crippen LogP contribution >= 0.6 is 0 Å². The van der Waals surface area contributed by atoms with Crippen LogP contribution in [0.2, 0.25) is 0 Å². The van der Waals surface area contributed by atoms with E-state index in [2.05, 4.69) is 11.8 Å². The van der Waals surface area contributed by atoms with Crippen LogP contribution < -0.4 is 5.73 Å². The zero-order valence-corrected chi connectivity index (χ0v) is 13.1. The Bertz CT molecular complexity index is 430. The molecule has 0 aliphatic heterocycles. The summed E-state index contributed by atoms with van der Waals surface area (Å²) in [5.41, 5.74) is 7.58. The molecular weight excluding hydrogens is 268 g/mol. The van der Waals surface area contributed by atoms with Crippen molar-refractivity contribution in [1.29, 1.82) is 0 Å². The summed E-state index contributed by atoms with van der Waals surface area (Å²) in [4.78, 5) is 14.8. The topological polar surface area (TPSA) is 78.4 Å². The summed E-state index contributed by atoms with van der Waals surface area (Å²) in [5.74, 6) is 0.786. The Balaban J connectivity index is 1.69. The lowest BCUT2D eigenvalue weighted by Crippen LogP contribution is -2.63. The van der Waals surface area contributed by atoms with Crippen molar-refractivity contribution in [3.63, 3.8) is 0 Å². The second kappa shape index (κ2) is 5.11. The van der Waals surface area contributed by atoms with E-state index in [1.54, 1.807) is 0 Å². The molecule has 4 atom stereocenters. The molecule has 5 heteroatoms. The molecule has 2 N–H and O–H groups in total. The first-order chi connectivity index (χ1) is 9.88. The summed E-state index contributed by atoms with van der Waals surface area (Å²) in [6, 6.07) is 0. The van der Waals surface area contributed by atoms with Gasteiger partial charge in [0.25, 0.3) is 5.09 Å². The SMILES string of the molecule is CCCC12CC3CC(N)(C1)CC(CCCO[N+](=O)[O-])(C3)C2. The van der Waals surface area contributed by atoms with E-state index in [0.29, 0.717) is 10.8 Å². The summed E-state index contributed by atoms with van der Waals surface area (Å²) in [6.07, 6.45) is 11.8. The highest BCUT2D eigenvalue weighted by Gasteiger charge is 2.61. The zero-order chi connectivity index (χ0) is 15.1. The Morgan fingerprint density at radius 2 is 1.86 bits per heavy atom. The van der Waals surface area contributed by atoms with Gasteiger partial charge in [0.1, 0.15) is 0 Å². The summed E-state index contributed by atoms with van der Waals surface area (Å²) < 4.78 is 0. The molecule has 4 aliphatic rings. The molecule has 0 radical (unpaired) electrons. The van der Waals surface area contributed by atoms with E-state index in [0.717, 1.165) is 25.2 Å². The summed E-state index contributed by atoms with van der Waals surface area (Å²) in [6.45, 7) is 2.51. The van der Waals surface area contributed by atoms with Crippen molar-refractivity contribution in [1.82, 2.24) is 0 Å². The second-order valence-corrected chi connectivity index (χ2v) is 8.28. The lowest BCUT2D eigenvalue weighted by molar-refractivity contribution is -0.757. The molecule has 5 nitrogen and oxygen atoms in total. The van der Waals surface area contributed by atoms with Crippen LogP contribution in [0.3, 0.4) is 0 Å². The fraction of sp³-hybridized carbons (Fsp3) is 1.00. The van der Waals surface area contributed by atoms with E-state index in [1.165, 1.54) is 44.9 Å². The van der Waals surface area contributed by atoms with Crippen molar-refractivity contribution in [3.8, 4) is 0 Å². The van der Waals surface area contributed by atoms with Crippen molar-refractivity contribution < 1.29 is 9.92 Å². The minimum Gasteiger partial charge on any atom is -0.325 e. The van der Waals surface area contributed by atoms with Gasteiger partial charge in [0.2, 0.25) is 0 Å². The Morgan fingerprint density at radius 1 is 1.19 bits per heavy atom. The van der Waals surface area contributed by atoms with E-state index in [9.17, 15) is 10.1 Å². The van der Waals surface area contributed by atoms with E-state index in [1.807, 2.05) is 0 Å². The van der Waals surface area contributed by atoms with Gasteiger partial charge in [-0.2, -0.15) is 0 Å². The van der Waals surface area contributed by atoms with Crippen LogP contribution in [0.4, 0.5) is 0 Å². The first-order valence-electron chi connectivity index (χ1n) is 8.45. The first-order valence-corrected chi connectivity index (χ1v) is 8.45. The molecule has 4 unspecified atom stereocenters. The van der Waals surface area contributed by atoms with E-state index < -0.39 is 5.09 Å². The maximum Gasteiger partial charge on any atom is 0.294 e. The van der Waals surface area contributed by atoms with E-state index >= 15 is 0 Å². The lowest BCUT2D eigenvalue weighted by atomic mass is 9.40. The molecule has 4 rings (SSSR count). The van der Waals surface area contributed by atoms with Crippen LogP contribution in [-0.4, -0.2) is 17.2 Å². The van der Waals surface area contributed by atoms with Crippen molar-refractivity contribution in [2.45, 2.75) is 76.7 Å². The van der Waals surface area contributed by atoms with Crippen LogP contribution in [0.1, 0.15) is 71.1 Å². The maximum atomic E-state index is 10.3. The summed E-state index contributed by atoms with van der Waals surface area (Å²) >= 11 is 0. The van der Waals surface area contributed by atoms with Gasteiger partial charge < -0.3 is 10.6 Å². The number of nitrogens with two attached hydrogens (primary N) is 1. The number of hydrogen-bond donors (Lipinski definition) is 1. The van der Waals surface area contributed by atoms with E-state index in [4.69, 9.17) is 5.73 Å². The van der Waals surface area contributed by atoms with Crippen LogP contribution in [0.25, 0.3) is 0 Å². The van der Waals surface area contributed by atoms with Crippen LogP contribution in [0, 0.1) is 26.9 Å². The molecule has 4 bridgehead atoms. The fourth-order valence-electron chi connectivity index (χ4n) is 6.60. The Labute approximate surface area is 126 Å². The third kappa shape index (κ3) is 2.89. The molecule has 0 aromatic rings. The molecule has 0 saturated heterocycles. The van der Waals surface area contributed by atoms with Gasteiger partial charge in [-0.1, -0.05) is 13.3 Å². The van der Waals surface area contributed by atoms with Gasteiger partial charge in [-0.05, 0) is 74.5 Å². The highest BCUT2D eigenvalue weighted by Crippen LogP contribution is 2.68. The average Bonchev–Trinajstić information content (AvgIpc) is 2.31. The molecule has 4 aliphatic carbocycles. The second-order valence-electron chi connectivity index (χ2n) is 8.28. The maximum absolute atomic E-state index is 10.3. The van der Waals surface area contributed by atoms with Gasteiger partial charge in [-0.25, -0.2) is 0 Å². The highest BCUT2D eigenvalue weighted by molar-refractivity contribution is 5.15. The van der Waals surface area contributed by atoms with E-state index in [-0.39, 0.29) is 12.1 Å². The van der Waals surface area contributed by atoms with Crippen LogP contribution in [0.5, 0.6) is 0 Å². The van der Waals surface area contributed by atoms with Crippen molar-refractivity contribution in [2.24, 2.45) is 22.5 Å². The third-order valence-electron chi connectivity index (χ3n) is 6.17. The third-order valence-corrected chi connectivity index (χ3v) is 6.17. The molecule has 0 heterocycles. The lowest BCUT2D eigenvalue weighted by Gasteiger charge is -2.66. The Morgan fingerprint density at radius 3 is 2.43 bits per heavy atom. The molecule has 4 fully saturated rings. The van der Waals surface area contributed by atoms with Crippen molar-refractivity contribution >= 4 is 0 Å². The zero-order valence-electron chi connectivity index (χ0n) is 13.1. The normalized spacial score (nSPS) is 44.0.